The van der Waals surface area contributed by atoms with Crippen LogP contribution in [0.5, 0.6) is 0 Å². The van der Waals surface area contributed by atoms with E-state index >= 15 is 0 Å². The summed E-state index contributed by atoms with van der Waals surface area (Å²) < 4.78 is 4.20. The molecule has 1 unspecified atom stereocenters. The second-order valence-electron chi connectivity index (χ2n) is 4.97. The van der Waals surface area contributed by atoms with Crippen LogP contribution in [-0.2, 0) is 0 Å². The van der Waals surface area contributed by atoms with Crippen LogP contribution in [0.3, 0.4) is 0 Å². The minimum absolute atomic E-state index is 0.293. The standard InChI is InChI=1S/C17H15NS3/c1-2-18-16(15-10-14-13(21-15)7-9-19-14)12-5-3-4-11-6-8-20-17(11)12/h3-10,16,18H,2H2,1H3. The van der Waals surface area contributed by atoms with E-state index in [0.717, 1.165) is 6.54 Å². The SMILES string of the molecule is CCNC(c1cc2sccc2s1)c1cccc2ccsc12. The van der Waals surface area contributed by atoms with Crippen molar-refractivity contribution in [3.8, 4) is 0 Å². The van der Waals surface area contributed by atoms with E-state index in [2.05, 4.69) is 59.4 Å². The molecule has 0 radical (unpaired) electrons. The van der Waals surface area contributed by atoms with Gasteiger partial charge in [-0.2, -0.15) is 0 Å². The van der Waals surface area contributed by atoms with Crippen molar-refractivity contribution in [2.75, 3.05) is 6.54 Å². The van der Waals surface area contributed by atoms with E-state index in [4.69, 9.17) is 0 Å². The quantitative estimate of drug-likeness (QED) is 0.493. The summed E-state index contributed by atoms with van der Waals surface area (Å²) in [5.41, 5.74) is 1.40. The molecule has 0 amide bonds. The summed E-state index contributed by atoms with van der Waals surface area (Å²) in [5.74, 6) is 0. The topological polar surface area (TPSA) is 12.0 Å². The Balaban J connectivity index is 1.87. The molecule has 0 saturated carbocycles. The van der Waals surface area contributed by atoms with E-state index in [0.29, 0.717) is 6.04 Å². The number of thiophene rings is 3. The van der Waals surface area contributed by atoms with Crippen molar-refractivity contribution in [2.45, 2.75) is 13.0 Å². The third-order valence-electron chi connectivity index (χ3n) is 3.67. The highest BCUT2D eigenvalue weighted by atomic mass is 32.1. The number of nitrogens with one attached hydrogen (secondary N) is 1. The molecule has 3 heterocycles. The van der Waals surface area contributed by atoms with Gasteiger partial charge in [-0.05, 0) is 46.5 Å². The summed E-state index contributed by atoms with van der Waals surface area (Å²) in [6, 6.07) is 13.7. The van der Waals surface area contributed by atoms with Gasteiger partial charge in [-0.15, -0.1) is 34.0 Å². The number of hydrogen-bond donors (Lipinski definition) is 1. The van der Waals surface area contributed by atoms with Crippen LogP contribution in [0.4, 0.5) is 0 Å². The lowest BCUT2D eigenvalue weighted by Gasteiger charge is -2.17. The molecule has 1 nitrogen and oxygen atoms in total. The van der Waals surface area contributed by atoms with Crippen LogP contribution < -0.4 is 5.32 Å². The first-order valence-electron chi connectivity index (χ1n) is 7.03. The van der Waals surface area contributed by atoms with Crippen LogP contribution in [0.2, 0.25) is 0 Å². The molecule has 4 rings (SSSR count). The molecule has 0 aliphatic heterocycles. The molecule has 3 aromatic heterocycles. The summed E-state index contributed by atoms with van der Waals surface area (Å²) in [7, 11) is 0. The Bertz CT molecular complexity index is 855. The number of hydrogen-bond acceptors (Lipinski definition) is 4. The van der Waals surface area contributed by atoms with E-state index in [1.165, 1.54) is 29.9 Å². The molecule has 0 aliphatic carbocycles. The predicted molar refractivity (Wildman–Crippen MR) is 97.0 cm³/mol. The van der Waals surface area contributed by atoms with Crippen molar-refractivity contribution in [3.63, 3.8) is 0 Å². The number of benzene rings is 1. The highest BCUT2D eigenvalue weighted by Crippen LogP contribution is 2.38. The van der Waals surface area contributed by atoms with Crippen molar-refractivity contribution in [1.82, 2.24) is 5.32 Å². The van der Waals surface area contributed by atoms with Gasteiger partial charge < -0.3 is 5.32 Å². The zero-order valence-electron chi connectivity index (χ0n) is 11.6. The Morgan fingerprint density at radius 2 is 1.95 bits per heavy atom. The Hall–Kier alpha value is -1.20. The molecule has 0 aliphatic rings. The first-order valence-corrected chi connectivity index (χ1v) is 9.61. The summed E-state index contributed by atoms with van der Waals surface area (Å²) in [6.45, 7) is 3.15. The van der Waals surface area contributed by atoms with Gasteiger partial charge in [-0.1, -0.05) is 25.1 Å². The van der Waals surface area contributed by atoms with Gasteiger partial charge in [0.15, 0.2) is 0 Å². The average molecular weight is 330 g/mol. The second kappa shape index (κ2) is 5.54. The van der Waals surface area contributed by atoms with E-state index in [9.17, 15) is 0 Å². The largest absolute Gasteiger partial charge is 0.306 e. The summed E-state index contributed by atoms with van der Waals surface area (Å²) in [4.78, 5) is 1.42. The van der Waals surface area contributed by atoms with Gasteiger partial charge in [0.05, 0.1) is 6.04 Å². The predicted octanol–water partition coefficient (Wildman–Crippen LogP) is 5.88. The lowest BCUT2D eigenvalue weighted by molar-refractivity contribution is 0.644. The minimum atomic E-state index is 0.293. The molecule has 4 heteroatoms. The molecular formula is C17H15NS3. The van der Waals surface area contributed by atoms with Crippen LogP contribution in [0.1, 0.15) is 23.4 Å². The molecule has 21 heavy (non-hydrogen) atoms. The third kappa shape index (κ3) is 2.32. The molecule has 106 valence electrons. The molecule has 1 aromatic carbocycles. The van der Waals surface area contributed by atoms with Crippen molar-refractivity contribution in [2.24, 2.45) is 0 Å². The van der Waals surface area contributed by atoms with Crippen molar-refractivity contribution in [1.29, 1.82) is 0 Å². The Kier molecular flexibility index (Phi) is 3.55. The fourth-order valence-electron chi connectivity index (χ4n) is 2.74. The molecule has 1 atom stereocenters. The first kappa shape index (κ1) is 13.5. The van der Waals surface area contributed by atoms with Crippen molar-refractivity contribution in [3.05, 3.63) is 57.6 Å². The molecule has 0 saturated heterocycles. The fraction of sp³-hybridized carbons (Fsp3) is 0.176. The Morgan fingerprint density at radius 1 is 1.05 bits per heavy atom. The first-order chi connectivity index (χ1) is 10.4. The summed E-state index contributed by atoms with van der Waals surface area (Å²) >= 11 is 5.58. The van der Waals surface area contributed by atoms with Crippen LogP contribution in [0.25, 0.3) is 19.5 Å². The Morgan fingerprint density at radius 3 is 2.81 bits per heavy atom. The fourth-order valence-corrected chi connectivity index (χ4v) is 5.90. The monoisotopic (exact) mass is 329 g/mol. The van der Waals surface area contributed by atoms with E-state index < -0.39 is 0 Å². The van der Waals surface area contributed by atoms with E-state index in [-0.39, 0.29) is 0 Å². The molecule has 4 aromatic rings. The van der Waals surface area contributed by atoms with Gasteiger partial charge in [-0.25, -0.2) is 0 Å². The molecule has 0 bridgehead atoms. The zero-order valence-corrected chi connectivity index (χ0v) is 14.1. The zero-order chi connectivity index (χ0) is 14.2. The third-order valence-corrected chi connectivity index (χ3v) is 6.81. The van der Waals surface area contributed by atoms with Crippen LogP contribution in [-0.4, -0.2) is 6.54 Å². The lowest BCUT2D eigenvalue weighted by atomic mass is 10.0. The van der Waals surface area contributed by atoms with Crippen LogP contribution in [0.15, 0.2) is 47.2 Å². The molecule has 1 N–H and O–H groups in total. The van der Waals surface area contributed by atoms with Crippen LogP contribution in [0, 0.1) is 0 Å². The van der Waals surface area contributed by atoms with Gasteiger partial charge in [0.1, 0.15) is 0 Å². The molecule has 0 fully saturated rings. The van der Waals surface area contributed by atoms with Gasteiger partial charge >= 0.3 is 0 Å². The minimum Gasteiger partial charge on any atom is -0.306 e. The van der Waals surface area contributed by atoms with Gasteiger partial charge in [-0.3, -0.25) is 0 Å². The highest BCUT2D eigenvalue weighted by Gasteiger charge is 2.19. The molecular weight excluding hydrogens is 314 g/mol. The Labute approximate surface area is 135 Å². The number of rotatable bonds is 4. The van der Waals surface area contributed by atoms with E-state index in [1.807, 2.05) is 34.0 Å². The lowest BCUT2D eigenvalue weighted by Crippen LogP contribution is -2.21. The maximum Gasteiger partial charge on any atom is 0.0685 e. The maximum absolute atomic E-state index is 3.67. The summed E-state index contributed by atoms with van der Waals surface area (Å²) in [5, 5.41) is 9.37. The smallest absolute Gasteiger partial charge is 0.0685 e. The highest BCUT2D eigenvalue weighted by molar-refractivity contribution is 7.27. The van der Waals surface area contributed by atoms with Crippen molar-refractivity contribution >= 4 is 53.5 Å². The van der Waals surface area contributed by atoms with Gasteiger partial charge in [0.25, 0.3) is 0 Å². The van der Waals surface area contributed by atoms with Gasteiger partial charge in [0, 0.05) is 19.0 Å². The van der Waals surface area contributed by atoms with Gasteiger partial charge in [0.2, 0.25) is 0 Å². The second-order valence-corrected chi connectivity index (χ2v) is 7.95. The van der Waals surface area contributed by atoms with E-state index in [1.54, 1.807) is 0 Å². The normalized spacial score (nSPS) is 13.2. The average Bonchev–Trinajstić information content (AvgIpc) is 3.18. The maximum atomic E-state index is 3.67. The number of fused-ring (bicyclic) bond motifs is 2. The van der Waals surface area contributed by atoms with Crippen LogP contribution >= 0.6 is 34.0 Å². The molecule has 0 spiro atoms. The van der Waals surface area contributed by atoms with Crippen molar-refractivity contribution < 1.29 is 0 Å². The summed E-state index contributed by atoms with van der Waals surface area (Å²) in [6.07, 6.45) is 0.